The van der Waals surface area contributed by atoms with Crippen molar-refractivity contribution in [2.45, 2.75) is 63.7 Å². The molecule has 0 aliphatic carbocycles. The summed E-state index contributed by atoms with van der Waals surface area (Å²) in [5, 5.41) is 4.15. The van der Waals surface area contributed by atoms with Gasteiger partial charge in [-0.3, -0.25) is 9.36 Å². The Balaban J connectivity index is 1.81. The zero-order valence-electron chi connectivity index (χ0n) is 18.4. The van der Waals surface area contributed by atoms with Gasteiger partial charge in [-0.15, -0.1) is 0 Å². The minimum atomic E-state index is -0.201. The van der Waals surface area contributed by atoms with E-state index >= 15 is 0 Å². The minimum absolute atomic E-state index is 0.130. The fraction of sp³-hybridized carbons (Fsp3) is 0.462. The lowest BCUT2D eigenvalue weighted by Gasteiger charge is -2.29. The third-order valence-corrected chi connectivity index (χ3v) is 8.10. The van der Waals surface area contributed by atoms with Crippen molar-refractivity contribution in [1.29, 1.82) is 0 Å². The van der Waals surface area contributed by atoms with Crippen molar-refractivity contribution >= 4 is 26.8 Å². The zero-order chi connectivity index (χ0) is 21.6. The molecule has 1 atom stereocenters. The molecule has 1 saturated heterocycles. The summed E-state index contributed by atoms with van der Waals surface area (Å²) in [5.74, 6) is 1.52. The van der Waals surface area contributed by atoms with Crippen LogP contribution in [-0.4, -0.2) is 22.6 Å². The maximum Gasteiger partial charge on any atom is 0.281 e. The molecule has 2 aliphatic heterocycles. The average Bonchev–Trinajstić information content (AvgIpc) is 3.07. The molecule has 0 radical (unpaired) electrons. The van der Waals surface area contributed by atoms with E-state index in [4.69, 9.17) is 4.98 Å². The number of fused-ring (bicyclic) bond motifs is 5. The third-order valence-electron chi connectivity index (χ3n) is 7.44. The van der Waals surface area contributed by atoms with E-state index in [0.717, 1.165) is 54.6 Å². The lowest BCUT2D eigenvalue weighted by molar-refractivity contribution is 0.425. The summed E-state index contributed by atoms with van der Waals surface area (Å²) in [6, 6.07) is 13.1. The van der Waals surface area contributed by atoms with Gasteiger partial charge in [-0.05, 0) is 89.9 Å². The Morgan fingerprint density at radius 2 is 2.00 bits per heavy atom. The van der Waals surface area contributed by atoms with Crippen molar-refractivity contribution in [3.05, 3.63) is 68.2 Å². The van der Waals surface area contributed by atoms with Crippen LogP contribution in [0.15, 0.2) is 45.7 Å². The number of hydrogen-bond donors (Lipinski definition) is 1. The number of piperidine rings is 1. The highest BCUT2D eigenvalue weighted by atomic mass is 79.9. The molecule has 5 rings (SSSR count). The van der Waals surface area contributed by atoms with E-state index in [1.807, 2.05) is 12.1 Å². The highest BCUT2D eigenvalue weighted by Crippen LogP contribution is 2.49. The first kappa shape index (κ1) is 20.9. The van der Waals surface area contributed by atoms with Crippen molar-refractivity contribution < 1.29 is 0 Å². The summed E-state index contributed by atoms with van der Waals surface area (Å²) >= 11 is 3.60. The molecule has 0 spiro atoms. The molecule has 0 saturated carbocycles. The number of hydrogen-bond acceptors (Lipinski definition) is 3. The van der Waals surface area contributed by atoms with Crippen LogP contribution in [-0.2, 0) is 5.41 Å². The zero-order valence-corrected chi connectivity index (χ0v) is 20.0. The average molecular weight is 480 g/mol. The van der Waals surface area contributed by atoms with Crippen LogP contribution in [0.3, 0.4) is 0 Å². The van der Waals surface area contributed by atoms with E-state index in [2.05, 4.69) is 63.9 Å². The standard InChI is InChI=1S/C26H30BrN3O/c1-3-5-13-26(4-2)19-10-9-18(17-11-14-28-15-12-17)16-22(19)30-21-8-6-7-20(27)23(21)24(31)29-25(26)30/h6-10,16-17,28H,3-5,11-15H2,1-2H3. The molecule has 2 aliphatic rings. The monoisotopic (exact) mass is 479 g/mol. The van der Waals surface area contributed by atoms with E-state index in [0.29, 0.717) is 11.3 Å². The van der Waals surface area contributed by atoms with Gasteiger partial charge in [-0.1, -0.05) is 44.9 Å². The van der Waals surface area contributed by atoms with E-state index < -0.39 is 0 Å². The topological polar surface area (TPSA) is 46.9 Å². The molecule has 1 fully saturated rings. The van der Waals surface area contributed by atoms with Crippen LogP contribution in [0.2, 0.25) is 0 Å². The van der Waals surface area contributed by atoms with Gasteiger partial charge in [-0.2, -0.15) is 4.98 Å². The second-order valence-electron chi connectivity index (χ2n) is 9.05. The van der Waals surface area contributed by atoms with Crippen molar-refractivity contribution in [1.82, 2.24) is 14.9 Å². The molecule has 0 bridgehead atoms. The maximum atomic E-state index is 13.1. The van der Waals surface area contributed by atoms with Crippen LogP contribution >= 0.6 is 15.9 Å². The normalized spacial score (nSPS) is 20.7. The van der Waals surface area contributed by atoms with Gasteiger partial charge in [0.25, 0.3) is 5.56 Å². The van der Waals surface area contributed by atoms with Crippen LogP contribution in [0, 0.1) is 0 Å². The fourth-order valence-electron chi connectivity index (χ4n) is 5.71. The quantitative estimate of drug-likeness (QED) is 0.501. The highest BCUT2D eigenvalue weighted by molar-refractivity contribution is 9.10. The Morgan fingerprint density at radius 1 is 1.19 bits per heavy atom. The van der Waals surface area contributed by atoms with Crippen LogP contribution in [0.5, 0.6) is 0 Å². The number of benzene rings is 2. The van der Waals surface area contributed by atoms with E-state index in [-0.39, 0.29) is 11.0 Å². The maximum absolute atomic E-state index is 13.1. The predicted molar refractivity (Wildman–Crippen MR) is 130 cm³/mol. The van der Waals surface area contributed by atoms with Crippen molar-refractivity contribution in [2.24, 2.45) is 0 Å². The van der Waals surface area contributed by atoms with Crippen LogP contribution in [0.1, 0.15) is 75.2 Å². The molecular weight excluding hydrogens is 450 g/mol. The number of halogens is 1. The summed E-state index contributed by atoms with van der Waals surface area (Å²) in [4.78, 5) is 17.9. The SMILES string of the molecule is CCCCC1(CC)c2ccc(C3CCNCC3)cc2-n2c1nc(=O)c1c(Br)cccc12. The van der Waals surface area contributed by atoms with E-state index in [1.54, 1.807) is 0 Å². The molecule has 31 heavy (non-hydrogen) atoms. The number of unbranched alkanes of at least 4 members (excludes halogenated alkanes) is 1. The number of nitrogens with zero attached hydrogens (tertiary/aromatic N) is 2. The Hall–Kier alpha value is -1.98. The Morgan fingerprint density at radius 3 is 2.74 bits per heavy atom. The van der Waals surface area contributed by atoms with Gasteiger partial charge in [0.15, 0.2) is 0 Å². The Bertz CT molecular complexity index is 1200. The lowest BCUT2D eigenvalue weighted by atomic mass is 9.74. The van der Waals surface area contributed by atoms with Crippen molar-refractivity contribution in [3.63, 3.8) is 0 Å². The summed E-state index contributed by atoms with van der Waals surface area (Å²) in [7, 11) is 0. The van der Waals surface area contributed by atoms with Gasteiger partial charge in [0.05, 0.1) is 22.0 Å². The number of rotatable bonds is 5. The van der Waals surface area contributed by atoms with E-state index in [9.17, 15) is 4.79 Å². The third kappa shape index (κ3) is 3.20. The van der Waals surface area contributed by atoms with Gasteiger partial charge in [-0.25, -0.2) is 0 Å². The first-order valence-corrected chi connectivity index (χ1v) is 12.5. The fourth-order valence-corrected chi connectivity index (χ4v) is 6.24. The molecule has 5 heteroatoms. The first-order chi connectivity index (χ1) is 15.1. The molecule has 0 amide bonds. The van der Waals surface area contributed by atoms with Gasteiger partial charge in [0, 0.05) is 4.47 Å². The molecule has 1 aromatic heterocycles. The second kappa shape index (κ2) is 8.18. The molecule has 162 valence electrons. The minimum Gasteiger partial charge on any atom is -0.317 e. The Labute approximate surface area is 192 Å². The Kier molecular flexibility index (Phi) is 5.51. The van der Waals surface area contributed by atoms with Crippen LogP contribution in [0.4, 0.5) is 0 Å². The van der Waals surface area contributed by atoms with Crippen LogP contribution < -0.4 is 10.9 Å². The molecule has 2 aromatic carbocycles. The summed E-state index contributed by atoms with van der Waals surface area (Å²) in [6.07, 6.45) is 6.57. The second-order valence-corrected chi connectivity index (χ2v) is 9.90. The largest absolute Gasteiger partial charge is 0.317 e. The summed E-state index contributed by atoms with van der Waals surface area (Å²) in [5.41, 5.74) is 4.60. The highest BCUT2D eigenvalue weighted by Gasteiger charge is 2.44. The van der Waals surface area contributed by atoms with Crippen molar-refractivity contribution in [2.75, 3.05) is 13.1 Å². The lowest BCUT2D eigenvalue weighted by Crippen LogP contribution is -2.29. The molecule has 3 heterocycles. The molecule has 4 nitrogen and oxygen atoms in total. The van der Waals surface area contributed by atoms with Gasteiger partial charge in [0.1, 0.15) is 5.82 Å². The van der Waals surface area contributed by atoms with Crippen LogP contribution in [0.25, 0.3) is 16.6 Å². The number of nitrogens with one attached hydrogen (secondary N) is 1. The summed E-state index contributed by atoms with van der Waals surface area (Å²) in [6.45, 7) is 6.64. The van der Waals surface area contributed by atoms with Gasteiger partial charge in [0.2, 0.25) is 0 Å². The first-order valence-electron chi connectivity index (χ1n) is 11.7. The molecule has 1 N–H and O–H groups in total. The van der Waals surface area contributed by atoms with E-state index in [1.165, 1.54) is 29.7 Å². The van der Waals surface area contributed by atoms with Gasteiger partial charge < -0.3 is 5.32 Å². The molecule has 1 unspecified atom stereocenters. The molecular formula is C26H30BrN3O. The van der Waals surface area contributed by atoms with Crippen molar-refractivity contribution in [3.8, 4) is 5.69 Å². The molecule has 3 aromatic rings. The number of aromatic nitrogens is 2. The predicted octanol–water partition coefficient (Wildman–Crippen LogP) is 5.81. The van der Waals surface area contributed by atoms with Gasteiger partial charge >= 0.3 is 0 Å². The smallest absolute Gasteiger partial charge is 0.281 e. The summed E-state index contributed by atoms with van der Waals surface area (Å²) < 4.78 is 3.11.